The monoisotopic (exact) mass is 882 g/mol. The second-order valence-electron chi connectivity index (χ2n) is 18.0. The topological polar surface area (TPSA) is 15.3 Å². The van der Waals surface area contributed by atoms with Crippen molar-refractivity contribution in [3.63, 3.8) is 0 Å². The summed E-state index contributed by atoms with van der Waals surface area (Å²) in [4.78, 5) is 2.46. The highest BCUT2D eigenvalue weighted by molar-refractivity contribution is 7.20. The van der Waals surface area contributed by atoms with Gasteiger partial charge in [0.15, 0.2) is 8.07 Å². The van der Waals surface area contributed by atoms with Crippen LogP contribution >= 0.6 is 0 Å². The smallest absolute Gasteiger partial charge is 0.179 e. The minimum atomic E-state index is -2.87. The predicted octanol–water partition coefficient (Wildman–Crippen LogP) is 14.3. The van der Waals surface area contributed by atoms with E-state index in [0.29, 0.717) is 0 Å². The highest BCUT2D eigenvalue weighted by Crippen LogP contribution is 2.49. The van der Waals surface area contributed by atoms with E-state index < -0.39 is 8.07 Å². The molecule has 1 unspecified atom stereocenters. The van der Waals surface area contributed by atoms with Crippen molar-refractivity contribution in [1.29, 1.82) is 0 Å². The maximum atomic E-state index is 3.88. The van der Waals surface area contributed by atoms with Crippen LogP contribution in [-0.4, -0.2) is 8.07 Å². The van der Waals surface area contributed by atoms with Crippen molar-refractivity contribution in [3.8, 4) is 22.3 Å². The third-order valence-corrected chi connectivity index (χ3v) is 19.1. The second kappa shape index (κ2) is 16.4. The highest BCUT2D eigenvalue weighted by Gasteiger charge is 2.42. The van der Waals surface area contributed by atoms with Gasteiger partial charge in [-0.05, 0) is 110 Å². The van der Waals surface area contributed by atoms with Crippen molar-refractivity contribution in [2.24, 2.45) is 0 Å². The van der Waals surface area contributed by atoms with Gasteiger partial charge in [0.05, 0.1) is 11.4 Å². The summed E-state index contributed by atoms with van der Waals surface area (Å²) in [7, 11) is -2.87. The van der Waals surface area contributed by atoms with Gasteiger partial charge in [0.1, 0.15) is 6.17 Å². The third-order valence-electron chi connectivity index (χ3n) is 14.4. The van der Waals surface area contributed by atoms with Crippen LogP contribution in [0.3, 0.4) is 0 Å². The summed E-state index contributed by atoms with van der Waals surface area (Å²) in [5.74, 6) is 0. The molecule has 0 bridgehead atoms. The molecule has 13 rings (SSSR count). The van der Waals surface area contributed by atoms with E-state index in [0.717, 1.165) is 11.4 Å². The largest absolute Gasteiger partial charge is 0.359 e. The summed E-state index contributed by atoms with van der Waals surface area (Å²) < 4.78 is 0. The molecule has 3 heteroatoms. The van der Waals surface area contributed by atoms with Crippen molar-refractivity contribution in [3.05, 3.63) is 272 Å². The van der Waals surface area contributed by atoms with E-state index in [-0.39, 0.29) is 6.17 Å². The van der Waals surface area contributed by atoms with Crippen LogP contribution in [0, 0.1) is 0 Å². The first-order valence-corrected chi connectivity index (χ1v) is 25.6. The minimum Gasteiger partial charge on any atom is -0.359 e. The average molecular weight is 883 g/mol. The van der Waals surface area contributed by atoms with E-state index in [4.69, 9.17) is 0 Å². The number of fused-ring (bicyclic) bond motifs is 5. The second-order valence-corrected chi connectivity index (χ2v) is 21.8. The number of hydrogen-bond acceptors (Lipinski definition) is 2. The van der Waals surface area contributed by atoms with E-state index in [1.165, 1.54) is 97.3 Å². The minimum absolute atomic E-state index is 0.0622. The molecule has 1 aliphatic heterocycles. The van der Waals surface area contributed by atoms with E-state index >= 15 is 0 Å². The Morgan fingerprint density at radius 3 is 1.50 bits per heavy atom. The van der Waals surface area contributed by atoms with Crippen LogP contribution in [0.1, 0.15) is 11.7 Å². The van der Waals surface area contributed by atoms with Gasteiger partial charge in [0.2, 0.25) is 0 Å². The summed E-state index contributed by atoms with van der Waals surface area (Å²) in [5.41, 5.74) is 9.64. The van der Waals surface area contributed by atoms with Crippen LogP contribution in [0.5, 0.6) is 0 Å². The van der Waals surface area contributed by atoms with Crippen LogP contribution in [0.2, 0.25) is 0 Å². The molecule has 68 heavy (non-hydrogen) atoms. The summed E-state index contributed by atoms with van der Waals surface area (Å²) in [5, 5.41) is 19.3. The molecule has 12 aromatic rings. The van der Waals surface area contributed by atoms with Crippen LogP contribution in [0.4, 0.5) is 17.1 Å². The Morgan fingerprint density at radius 2 is 0.824 bits per heavy atom. The van der Waals surface area contributed by atoms with Gasteiger partial charge >= 0.3 is 0 Å². The SMILES string of the molecule is c1ccc([Si](c2ccccc2)(c2cccc(-c3c4ccccc4c(-c4ccc(N5c6ccccc6NC5c5cccc6ccccc56)cc4)c4ccccc34)c2)c2ccc3ccccc3c2)cc1. The van der Waals surface area contributed by atoms with Gasteiger partial charge in [-0.25, -0.2) is 0 Å². The molecular weight excluding hydrogens is 837 g/mol. The van der Waals surface area contributed by atoms with Gasteiger partial charge in [0.25, 0.3) is 0 Å². The maximum Gasteiger partial charge on any atom is 0.179 e. The molecule has 1 atom stereocenters. The molecule has 0 saturated carbocycles. The summed E-state index contributed by atoms with van der Waals surface area (Å²) in [6.07, 6.45) is -0.0622. The maximum absolute atomic E-state index is 3.88. The predicted molar refractivity (Wildman–Crippen MR) is 292 cm³/mol. The number of anilines is 3. The quantitative estimate of drug-likeness (QED) is 0.0929. The van der Waals surface area contributed by atoms with Crippen molar-refractivity contribution in [2.75, 3.05) is 10.2 Å². The van der Waals surface area contributed by atoms with Gasteiger partial charge < -0.3 is 10.2 Å². The fourth-order valence-corrected chi connectivity index (χ4v) is 16.2. The Hall–Kier alpha value is -8.50. The molecule has 0 fully saturated rings. The molecule has 1 N–H and O–H groups in total. The zero-order chi connectivity index (χ0) is 45.0. The number of nitrogens with one attached hydrogen (secondary N) is 1. The Kier molecular flexibility index (Phi) is 9.62. The van der Waals surface area contributed by atoms with E-state index in [1.807, 2.05) is 0 Å². The van der Waals surface area contributed by atoms with Crippen LogP contribution in [-0.2, 0) is 0 Å². The molecule has 1 heterocycles. The van der Waals surface area contributed by atoms with E-state index in [2.05, 4.69) is 277 Å². The first kappa shape index (κ1) is 39.8. The molecule has 0 aromatic heterocycles. The van der Waals surface area contributed by atoms with Crippen molar-refractivity contribution >= 4 is 89.0 Å². The Morgan fingerprint density at radius 1 is 0.324 bits per heavy atom. The van der Waals surface area contributed by atoms with Crippen LogP contribution < -0.4 is 31.0 Å². The van der Waals surface area contributed by atoms with Crippen molar-refractivity contribution < 1.29 is 0 Å². The zero-order valence-corrected chi connectivity index (χ0v) is 38.4. The summed E-state index contributed by atoms with van der Waals surface area (Å²) in [6, 6.07) is 99.4. The third kappa shape index (κ3) is 6.39. The Balaban J connectivity index is 0.983. The fourth-order valence-electron chi connectivity index (χ4n) is 11.4. The summed E-state index contributed by atoms with van der Waals surface area (Å²) >= 11 is 0. The number of benzene rings is 12. The van der Waals surface area contributed by atoms with Gasteiger partial charge in [-0.15, -0.1) is 0 Å². The molecule has 0 aliphatic carbocycles. The van der Waals surface area contributed by atoms with Crippen LogP contribution in [0.25, 0.3) is 65.3 Å². The number of rotatable bonds is 8. The molecule has 320 valence electrons. The highest BCUT2D eigenvalue weighted by atomic mass is 28.3. The molecule has 0 saturated heterocycles. The Labute approximate surface area is 398 Å². The molecule has 1 aliphatic rings. The van der Waals surface area contributed by atoms with Crippen molar-refractivity contribution in [1.82, 2.24) is 0 Å². The van der Waals surface area contributed by atoms with Crippen LogP contribution in [0.15, 0.2) is 267 Å². The Bertz CT molecular complexity index is 3740. The number of hydrogen-bond donors (Lipinski definition) is 1. The lowest BCUT2D eigenvalue weighted by atomic mass is 9.86. The lowest BCUT2D eigenvalue weighted by Crippen LogP contribution is -2.74. The lowest BCUT2D eigenvalue weighted by Gasteiger charge is -2.35. The standard InChI is InChI=1S/C65H46N2Si/c1-3-24-51(25-4-1)68(52-26-5-2-6-27-52,54-42-39-45-19-7-8-21-48(45)43-54)53-28-17-23-49(44-53)64-58-32-13-11-30-56(58)63(57-31-12-14-33-59(57)64)47-37-40-50(41-38-47)67-62-36-16-15-35-61(62)66-65(67)60-34-18-22-46-20-9-10-29-55(46)60/h1-44,65-66H. The molecule has 12 aromatic carbocycles. The van der Waals surface area contributed by atoms with Gasteiger partial charge in [-0.3, -0.25) is 0 Å². The van der Waals surface area contributed by atoms with Crippen molar-refractivity contribution in [2.45, 2.75) is 6.17 Å². The zero-order valence-electron chi connectivity index (χ0n) is 37.4. The molecule has 0 amide bonds. The fraction of sp³-hybridized carbons (Fsp3) is 0.0154. The van der Waals surface area contributed by atoms with E-state index in [9.17, 15) is 0 Å². The van der Waals surface area contributed by atoms with Gasteiger partial charge in [-0.2, -0.15) is 0 Å². The molecule has 0 radical (unpaired) electrons. The number of nitrogens with zero attached hydrogens (tertiary/aromatic N) is 1. The summed E-state index contributed by atoms with van der Waals surface area (Å²) in [6.45, 7) is 0. The molecular formula is C65H46N2Si. The normalized spacial score (nSPS) is 13.5. The first-order valence-electron chi connectivity index (χ1n) is 23.6. The molecule has 2 nitrogen and oxygen atoms in total. The van der Waals surface area contributed by atoms with Gasteiger partial charge in [0, 0.05) is 11.3 Å². The number of para-hydroxylation sites is 2. The first-order chi connectivity index (χ1) is 33.7. The van der Waals surface area contributed by atoms with E-state index in [1.54, 1.807) is 0 Å². The van der Waals surface area contributed by atoms with Gasteiger partial charge in [-0.1, -0.05) is 243 Å². The average Bonchev–Trinajstić information content (AvgIpc) is 3.80. The molecule has 0 spiro atoms. The lowest BCUT2D eigenvalue weighted by molar-refractivity contribution is 0.836.